The van der Waals surface area contributed by atoms with Gasteiger partial charge in [0, 0.05) is 18.2 Å². The molecule has 0 heterocycles. The Kier molecular flexibility index (Phi) is 10.9. The summed E-state index contributed by atoms with van der Waals surface area (Å²) in [4.78, 5) is 26.0. The van der Waals surface area contributed by atoms with Crippen LogP contribution in [0.15, 0.2) is 54.6 Å². The Morgan fingerprint density at radius 3 is 2.35 bits per heavy atom. The van der Waals surface area contributed by atoms with Crippen LogP contribution in [0, 0.1) is 52.3 Å². The minimum absolute atomic E-state index is 0.0441. The normalized spacial score (nSPS) is 33.2. The summed E-state index contributed by atoms with van der Waals surface area (Å²) < 4.78 is 5.34. The molecule has 4 saturated carbocycles. The van der Waals surface area contributed by atoms with Crippen LogP contribution < -0.4 is 10.6 Å². The second kappa shape index (κ2) is 15.0. The molecule has 5 heteroatoms. The van der Waals surface area contributed by atoms with Gasteiger partial charge < -0.3 is 15.4 Å². The van der Waals surface area contributed by atoms with Crippen LogP contribution in [0.25, 0.3) is 0 Å². The van der Waals surface area contributed by atoms with Crippen LogP contribution in [0.2, 0.25) is 0 Å². The molecule has 0 radical (unpaired) electrons. The first-order chi connectivity index (χ1) is 23.1. The van der Waals surface area contributed by atoms with Gasteiger partial charge in [0.2, 0.25) is 0 Å². The van der Waals surface area contributed by atoms with Gasteiger partial charge in [0.05, 0.1) is 0 Å². The van der Waals surface area contributed by atoms with Crippen molar-refractivity contribution in [1.82, 2.24) is 10.6 Å². The highest BCUT2D eigenvalue weighted by atomic mass is 16.5. The van der Waals surface area contributed by atoms with Gasteiger partial charge in [0.1, 0.15) is 6.61 Å². The fourth-order valence-electron chi connectivity index (χ4n) is 11.6. The van der Waals surface area contributed by atoms with Crippen molar-refractivity contribution in [3.8, 4) is 0 Å². The van der Waals surface area contributed by atoms with Gasteiger partial charge in [-0.1, -0.05) is 103 Å². The third kappa shape index (κ3) is 7.22. The Labute approximate surface area is 290 Å². The molecule has 2 aromatic carbocycles. The van der Waals surface area contributed by atoms with E-state index in [1.807, 2.05) is 54.6 Å². The van der Waals surface area contributed by atoms with Gasteiger partial charge in [-0.15, -0.1) is 0 Å². The van der Waals surface area contributed by atoms with Gasteiger partial charge >= 0.3 is 6.09 Å². The zero-order valence-corrected chi connectivity index (χ0v) is 30.4. The van der Waals surface area contributed by atoms with Gasteiger partial charge in [-0.3, -0.25) is 4.79 Å². The molecule has 0 aliphatic heterocycles. The molecule has 4 aliphatic carbocycles. The topological polar surface area (TPSA) is 67.4 Å². The van der Waals surface area contributed by atoms with E-state index in [1.165, 1.54) is 70.6 Å². The van der Waals surface area contributed by atoms with Gasteiger partial charge in [0.15, 0.2) is 0 Å². The predicted molar refractivity (Wildman–Crippen MR) is 194 cm³/mol. The number of ether oxygens (including phenoxy) is 1. The number of benzene rings is 2. The van der Waals surface area contributed by atoms with Gasteiger partial charge in [0.25, 0.3) is 5.91 Å². The molecule has 4 aliphatic rings. The minimum Gasteiger partial charge on any atom is -0.445 e. The Balaban J connectivity index is 1.06. The summed E-state index contributed by atoms with van der Waals surface area (Å²) in [5, 5.41) is 6.43. The molecule has 4 fully saturated rings. The summed E-state index contributed by atoms with van der Waals surface area (Å²) in [6.45, 7) is 13.2. The highest BCUT2D eigenvalue weighted by molar-refractivity contribution is 5.94. The first-order valence-electron chi connectivity index (χ1n) is 19.4. The summed E-state index contributed by atoms with van der Waals surface area (Å²) >= 11 is 0. The fraction of sp³-hybridized carbons (Fsp3) is 0.674. The first kappa shape index (κ1) is 35.0. The number of hydrogen-bond acceptors (Lipinski definition) is 3. The quantitative estimate of drug-likeness (QED) is 0.253. The van der Waals surface area contributed by atoms with Crippen molar-refractivity contribution in [2.75, 3.05) is 0 Å². The number of carbonyl (C=O) groups excluding carboxylic acids is 2. The molecule has 2 unspecified atom stereocenters. The molecule has 0 saturated heterocycles. The lowest BCUT2D eigenvalue weighted by atomic mass is 9.43. The van der Waals surface area contributed by atoms with Crippen LogP contribution in [0.5, 0.6) is 0 Å². The van der Waals surface area contributed by atoms with Crippen LogP contribution in [0.4, 0.5) is 4.79 Å². The average Bonchev–Trinajstić information content (AvgIpc) is 3.44. The van der Waals surface area contributed by atoms with Gasteiger partial charge in [-0.2, -0.15) is 0 Å². The summed E-state index contributed by atoms with van der Waals surface area (Å²) in [5.74, 6) is 5.64. The standard InChI is InChI=1S/C43H62N2O3/c1-29(2)11-9-12-30(3)36-23-24-37-35-22-21-34-15-10-16-39(43(34,5)38(35)25-26-42(36,37)4)45-40(46)33-19-17-31(18-20-33)27-44-41(47)48-28-32-13-7-6-8-14-32/h6-8,13-14,17-20,29-30,34-39H,9-12,15-16,21-28H2,1-5H3,(H,44,47)(H,45,46)/t30-,34?,35+,36-,37+,38+,39?,42-,43+/m1/s1. The molecule has 6 rings (SSSR count). The van der Waals surface area contributed by atoms with Crippen LogP contribution in [-0.4, -0.2) is 18.0 Å². The Morgan fingerprint density at radius 1 is 0.833 bits per heavy atom. The number of nitrogens with one attached hydrogen (secondary N) is 2. The van der Waals surface area contributed by atoms with Crippen molar-refractivity contribution in [3.63, 3.8) is 0 Å². The average molecular weight is 655 g/mol. The van der Waals surface area contributed by atoms with Gasteiger partial charge in [-0.05, 0) is 127 Å². The summed E-state index contributed by atoms with van der Waals surface area (Å²) in [6, 6.07) is 17.6. The number of amides is 2. The second-order valence-electron chi connectivity index (χ2n) is 17.1. The van der Waals surface area contributed by atoms with Crippen molar-refractivity contribution in [3.05, 3.63) is 71.3 Å². The number of carbonyl (C=O) groups is 2. The zero-order chi connectivity index (χ0) is 33.9. The van der Waals surface area contributed by atoms with Crippen LogP contribution >= 0.6 is 0 Å². The Bertz CT molecular complexity index is 1370. The highest BCUT2D eigenvalue weighted by Crippen LogP contribution is 2.68. The molecule has 5 nitrogen and oxygen atoms in total. The molecule has 0 aromatic heterocycles. The lowest BCUT2D eigenvalue weighted by Crippen LogP contribution is -2.61. The van der Waals surface area contributed by atoms with E-state index in [-0.39, 0.29) is 24.0 Å². The number of rotatable bonds is 11. The van der Waals surface area contributed by atoms with Crippen LogP contribution in [0.3, 0.4) is 0 Å². The van der Waals surface area contributed by atoms with E-state index in [0.29, 0.717) is 29.4 Å². The van der Waals surface area contributed by atoms with Crippen LogP contribution in [0.1, 0.15) is 133 Å². The van der Waals surface area contributed by atoms with E-state index in [1.54, 1.807) is 0 Å². The zero-order valence-electron chi connectivity index (χ0n) is 30.4. The predicted octanol–water partition coefficient (Wildman–Crippen LogP) is 10.3. The molecular weight excluding hydrogens is 592 g/mol. The van der Waals surface area contributed by atoms with Crippen molar-refractivity contribution in [2.24, 2.45) is 52.3 Å². The molecule has 0 bridgehead atoms. The van der Waals surface area contributed by atoms with Crippen molar-refractivity contribution >= 4 is 12.0 Å². The Morgan fingerprint density at radius 2 is 1.60 bits per heavy atom. The molecule has 2 aromatic rings. The monoisotopic (exact) mass is 654 g/mol. The maximum atomic E-state index is 13.8. The van der Waals surface area contributed by atoms with E-state index >= 15 is 0 Å². The molecule has 0 spiro atoms. The van der Waals surface area contributed by atoms with Crippen LogP contribution in [-0.2, 0) is 17.9 Å². The summed E-state index contributed by atoms with van der Waals surface area (Å²) in [7, 11) is 0. The lowest BCUT2D eigenvalue weighted by molar-refractivity contribution is -0.126. The van der Waals surface area contributed by atoms with E-state index < -0.39 is 6.09 Å². The maximum absolute atomic E-state index is 13.8. The van der Waals surface area contributed by atoms with Crippen molar-refractivity contribution < 1.29 is 14.3 Å². The van der Waals surface area contributed by atoms with Crippen molar-refractivity contribution in [1.29, 1.82) is 0 Å². The third-order valence-corrected chi connectivity index (χ3v) is 14.1. The maximum Gasteiger partial charge on any atom is 0.407 e. The molecule has 48 heavy (non-hydrogen) atoms. The number of fused-ring (bicyclic) bond motifs is 5. The van der Waals surface area contributed by atoms with Crippen molar-refractivity contribution in [2.45, 2.75) is 131 Å². The number of alkyl carbamates (subject to hydrolysis) is 1. The molecule has 2 N–H and O–H groups in total. The minimum atomic E-state index is -0.446. The largest absolute Gasteiger partial charge is 0.445 e. The molecule has 2 amide bonds. The Hall–Kier alpha value is -2.82. The number of hydrogen-bond donors (Lipinski definition) is 2. The van der Waals surface area contributed by atoms with E-state index in [9.17, 15) is 9.59 Å². The first-order valence-corrected chi connectivity index (χ1v) is 19.4. The molecular formula is C43H62N2O3. The highest BCUT2D eigenvalue weighted by Gasteiger charge is 2.62. The molecule has 9 atom stereocenters. The smallest absolute Gasteiger partial charge is 0.407 e. The fourth-order valence-corrected chi connectivity index (χ4v) is 11.6. The SMILES string of the molecule is CC(C)CCC[C@@H](C)[C@H]1CC[C@H]2[C@@H]3CCC4CCCC(NC(=O)c5ccc(CNC(=O)OCc6ccccc6)cc5)[C@]4(C)[C@H]3CC[C@]12C. The lowest BCUT2D eigenvalue weighted by Gasteiger charge is -2.63. The molecule has 262 valence electrons. The second-order valence-corrected chi connectivity index (χ2v) is 17.1. The van der Waals surface area contributed by atoms with E-state index in [2.05, 4.69) is 45.3 Å². The third-order valence-electron chi connectivity index (χ3n) is 14.1. The van der Waals surface area contributed by atoms with Gasteiger partial charge in [-0.25, -0.2) is 4.79 Å². The van der Waals surface area contributed by atoms with E-state index in [0.717, 1.165) is 47.1 Å². The summed E-state index contributed by atoms with van der Waals surface area (Å²) in [5.41, 5.74) is 3.26. The summed E-state index contributed by atoms with van der Waals surface area (Å²) in [6.07, 6.45) is 15.6. The van der Waals surface area contributed by atoms with E-state index in [4.69, 9.17) is 4.74 Å².